The number of rotatable bonds is 10. The van der Waals surface area contributed by atoms with Gasteiger partial charge in [0.2, 0.25) is 5.75 Å². The lowest BCUT2D eigenvalue weighted by Crippen LogP contribution is -2.21. The fraction of sp³-hybridized carbons (Fsp3) is 0.240. The van der Waals surface area contributed by atoms with Gasteiger partial charge in [-0.3, -0.25) is 9.78 Å². The van der Waals surface area contributed by atoms with Crippen LogP contribution in [0.3, 0.4) is 0 Å². The largest absolute Gasteiger partial charge is 0.490 e. The van der Waals surface area contributed by atoms with Crippen LogP contribution < -0.4 is 19.6 Å². The molecule has 0 saturated heterocycles. The van der Waals surface area contributed by atoms with E-state index in [9.17, 15) is 4.79 Å². The molecule has 7 heteroatoms. The minimum absolute atomic E-state index is 0.353. The molecule has 32 heavy (non-hydrogen) atoms. The second kappa shape index (κ2) is 11.5. The van der Waals surface area contributed by atoms with E-state index in [2.05, 4.69) is 15.5 Å². The molecular formula is C25H27N3O4. The van der Waals surface area contributed by atoms with E-state index < -0.39 is 5.91 Å². The number of aromatic nitrogens is 1. The molecule has 1 heterocycles. The Kier molecular flexibility index (Phi) is 8.20. The zero-order valence-electron chi connectivity index (χ0n) is 18.5. The van der Waals surface area contributed by atoms with Gasteiger partial charge in [-0.05, 0) is 45.0 Å². The quantitative estimate of drug-likeness (QED) is 0.377. The van der Waals surface area contributed by atoms with Gasteiger partial charge in [0.1, 0.15) is 0 Å². The van der Waals surface area contributed by atoms with Crippen LogP contribution >= 0.6 is 0 Å². The zero-order valence-corrected chi connectivity index (χ0v) is 18.5. The van der Waals surface area contributed by atoms with Gasteiger partial charge in [-0.15, -0.1) is 0 Å². The van der Waals surface area contributed by atoms with Crippen LogP contribution in [0.1, 0.15) is 42.3 Å². The number of ether oxygens (including phenoxy) is 3. The first-order valence-electron chi connectivity index (χ1n) is 10.6. The number of hydrogen-bond acceptors (Lipinski definition) is 6. The fourth-order valence-electron chi connectivity index (χ4n) is 3.09. The molecule has 166 valence electrons. The Morgan fingerprint density at radius 1 is 0.812 bits per heavy atom. The van der Waals surface area contributed by atoms with Gasteiger partial charge in [0.05, 0.1) is 25.5 Å². The topological polar surface area (TPSA) is 82.0 Å². The summed E-state index contributed by atoms with van der Waals surface area (Å²) in [5.41, 5.74) is 5.35. The summed E-state index contributed by atoms with van der Waals surface area (Å²) in [6.45, 7) is 6.92. The number of benzene rings is 2. The average Bonchev–Trinajstić information content (AvgIpc) is 2.82. The van der Waals surface area contributed by atoms with Crippen molar-refractivity contribution in [1.29, 1.82) is 0 Å². The molecule has 1 N–H and O–H groups in total. The van der Waals surface area contributed by atoms with E-state index in [1.54, 1.807) is 24.5 Å². The minimum atomic E-state index is -0.391. The first-order valence-corrected chi connectivity index (χ1v) is 10.6. The van der Waals surface area contributed by atoms with Crippen molar-refractivity contribution < 1.29 is 19.0 Å². The van der Waals surface area contributed by atoms with Crippen LogP contribution in [0.4, 0.5) is 0 Å². The second-order valence-corrected chi connectivity index (χ2v) is 6.60. The molecule has 0 bridgehead atoms. The smallest absolute Gasteiger partial charge is 0.271 e. The number of nitrogens with zero attached hydrogens (tertiary/aromatic N) is 2. The van der Waals surface area contributed by atoms with E-state index in [0.717, 1.165) is 11.1 Å². The molecule has 1 aromatic heterocycles. The number of amides is 1. The van der Waals surface area contributed by atoms with Gasteiger partial charge in [0.25, 0.3) is 5.91 Å². The van der Waals surface area contributed by atoms with E-state index in [1.165, 1.54) is 0 Å². The summed E-state index contributed by atoms with van der Waals surface area (Å²) in [6, 6.07) is 16.6. The monoisotopic (exact) mass is 433 g/mol. The summed E-state index contributed by atoms with van der Waals surface area (Å²) < 4.78 is 17.1. The van der Waals surface area contributed by atoms with Gasteiger partial charge in [-0.25, -0.2) is 5.43 Å². The van der Waals surface area contributed by atoms with Crippen LogP contribution in [0.2, 0.25) is 0 Å². The van der Waals surface area contributed by atoms with Crippen molar-refractivity contribution in [3.8, 4) is 17.2 Å². The normalized spacial score (nSPS) is 11.0. The Hall–Kier alpha value is -3.87. The van der Waals surface area contributed by atoms with Crippen molar-refractivity contribution in [3.63, 3.8) is 0 Å². The number of carbonyl (C=O) groups is 1. The summed E-state index contributed by atoms with van der Waals surface area (Å²) in [6.07, 6.45) is 3.37. The molecule has 1 amide bonds. The van der Waals surface area contributed by atoms with Crippen LogP contribution in [-0.4, -0.2) is 36.4 Å². The van der Waals surface area contributed by atoms with Gasteiger partial charge in [0, 0.05) is 29.1 Å². The molecule has 2 aromatic carbocycles. The van der Waals surface area contributed by atoms with Crippen LogP contribution in [-0.2, 0) is 0 Å². The molecule has 0 aliphatic rings. The highest BCUT2D eigenvalue weighted by molar-refractivity contribution is 6.13. The second-order valence-electron chi connectivity index (χ2n) is 6.60. The number of pyridine rings is 1. The number of carbonyl (C=O) groups excluding carboxylic acids is 1. The third kappa shape index (κ3) is 5.63. The third-order valence-electron chi connectivity index (χ3n) is 4.44. The predicted octanol–water partition coefficient (Wildman–Crippen LogP) is 4.46. The summed E-state index contributed by atoms with van der Waals surface area (Å²) in [5, 5.41) is 4.43. The summed E-state index contributed by atoms with van der Waals surface area (Å²) in [7, 11) is 0. The maximum atomic E-state index is 13.0. The van der Waals surface area contributed by atoms with E-state index in [4.69, 9.17) is 14.2 Å². The highest BCUT2D eigenvalue weighted by Gasteiger charge is 2.18. The van der Waals surface area contributed by atoms with Gasteiger partial charge in [-0.1, -0.05) is 30.3 Å². The third-order valence-corrected chi connectivity index (χ3v) is 4.44. The standard InChI is InChI=1S/C25H27N3O4/c1-4-30-21-16-20(17-22(31-5-2)24(21)32-6-3)25(29)28-27-23(18-10-8-7-9-11-18)19-12-14-26-15-13-19/h7-17H,4-6H2,1-3H3,(H,28,29)/b27-23+. The van der Waals surface area contributed by atoms with Crippen molar-refractivity contribution >= 4 is 11.6 Å². The Balaban J connectivity index is 1.96. The molecule has 0 fully saturated rings. The lowest BCUT2D eigenvalue weighted by atomic mass is 10.0. The van der Waals surface area contributed by atoms with Crippen LogP contribution in [0.25, 0.3) is 0 Å². The van der Waals surface area contributed by atoms with E-state index in [-0.39, 0.29) is 0 Å². The van der Waals surface area contributed by atoms with E-state index in [1.807, 2.05) is 63.2 Å². The van der Waals surface area contributed by atoms with Crippen LogP contribution in [0, 0.1) is 0 Å². The molecule has 0 aliphatic carbocycles. The van der Waals surface area contributed by atoms with Gasteiger partial charge >= 0.3 is 0 Å². The molecule has 7 nitrogen and oxygen atoms in total. The summed E-state index contributed by atoms with van der Waals surface area (Å²) >= 11 is 0. The maximum absolute atomic E-state index is 13.0. The fourth-order valence-corrected chi connectivity index (χ4v) is 3.09. The minimum Gasteiger partial charge on any atom is -0.490 e. The summed E-state index contributed by atoms with van der Waals surface area (Å²) in [4.78, 5) is 17.1. The maximum Gasteiger partial charge on any atom is 0.271 e. The van der Waals surface area contributed by atoms with Crippen molar-refractivity contribution in [2.75, 3.05) is 19.8 Å². The van der Waals surface area contributed by atoms with Gasteiger partial charge in [0.15, 0.2) is 11.5 Å². The highest BCUT2D eigenvalue weighted by atomic mass is 16.5. The predicted molar refractivity (Wildman–Crippen MR) is 124 cm³/mol. The average molecular weight is 434 g/mol. The van der Waals surface area contributed by atoms with Crippen molar-refractivity contribution in [2.24, 2.45) is 5.10 Å². The number of hydrazone groups is 1. The van der Waals surface area contributed by atoms with E-state index in [0.29, 0.717) is 48.3 Å². The lowest BCUT2D eigenvalue weighted by molar-refractivity contribution is 0.0953. The van der Waals surface area contributed by atoms with Crippen molar-refractivity contribution in [2.45, 2.75) is 20.8 Å². The van der Waals surface area contributed by atoms with Crippen molar-refractivity contribution in [3.05, 3.63) is 83.7 Å². The first-order chi connectivity index (χ1) is 15.7. The molecular weight excluding hydrogens is 406 g/mol. The van der Waals surface area contributed by atoms with Gasteiger partial charge in [-0.2, -0.15) is 5.10 Å². The van der Waals surface area contributed by atoms with Gasteiger partial charge < -0.3 is 14.2 Å². The molecule has 0 saturated carbocycles. The Morgan fingerprint density at radius 3 is 1.94 bits per heavy atom. The number of hydrogen-bond donors (Lipinski definition) is 1. The molecule has 0 atom stereocenters. The summed E-state index contributed by atoms with van der Waals surface area (Å²) in [5.74, 6) is 0.995. The zero-order chi connectivity index (χ0) is 22.8. The Labute approximate surface area is 188 Å². The first kappa shape index (κ1) is 22.8. The molecule has 3 aromatic rings. The lowest BCUT2D eigenvalue weighted by Gasteiger charge is -2.16. The van der Waals surface area contributed by atoms with E-state index >= 15 is 0 Å². The molecule has 0 radical (unpaired) electrons. The molecule has 0 aliphatic heterocycles. The SMILES string of the molecule is CCOc1cc(C(=O)N/N=C(\c2ccccc2)c2ccncc2)cc(OCC)c1OCC. The number of nitrogens with one attached hydrogen (secondary N) is 1. The highest BCUT2D eigenvalue weighted by Crippen LogP contribution is 2.39. The van der Waals surface area contributed by atoms with Crippen molar-refractivity contribution in [1.82, 2.24) is 10.4 Å². The molecule has 0 unspecified atom stereocenters. The van der Waals surface area contributed by atoms with Crippen LogP contribution in [0.15, 0.2) is 72.1 Å². The Bertz CT molecular complexity index is 985. The van der Waals surface area contributed by atoms with Crippen LogP contribution in [0.5, 0.6) is 17.2 Å². The molecule has 3 rings (SSSR count). The Morgan fingerprint density at radius 2 is 1.38 bits per heavy atom. The molecule has 0 spiro atoms.